The molecule has 0 radical (unpaired) electrons. The van der Waals surface area contributed by atoms with Crippen LogP contribution in [-0.2, 0) is 14.3 Å². The monoisotopic (exact) mass is 580 g/mol. The Kier molecular flexibility index (Phi) is 8.06. The van der Waals surface area contributed by atoms with Crippen molar-refractivity contribution in [3.63, 3.8) is 0 Å². The van der Waals surface area contributed by atoms with Crippen molar-refractivity contribution in [1.82, 2.24) is 9.78 Å². The number of hydrogen-bond donors (Lipinski definition) is 1. The average molecular weight is 581 g/mol. The molecule has 1 heterocycles. The van der Waals surface area contributed by atoms with E-state index in [0.717, 1.165) is 51.4 Å². The summed E-state index contributed by atoms with van der Waals surface area (Å²) in [6.07, 6.45) is 14.7. The van der Waals surface area contributed by atoms with Gasteiger partial charge in [0.15, 0.2) is 5.78 Å². The predicted octanol–water partition coefficient (Wildman–Crippen LogP) is 7.67. The normalized spacial score (nSPS) is 42.4. The van der Waals surface area contributed by atoms with Crippen molar-refractivity contribution in [2.45, 2.75) is 119 Å². The maximum absolute atomic E-state index is 14.3. The zero-order chi connectivity index (χ0) is 30.7. The molecule has 1 aromatic heterocycles. The van der Waals surface area contributed by atoms with Crippen molar-refractivity contribution in [3.05, 3.63) is 29.6 Å². The van der Waals surface area contributed by atoms with Crippen molar-refractivity contribution in [1.29, 1.82) is 0 Å². The number of esters is 1. The number of carboxylic acids is 1. The molecule has 1 N–H and O–H groups in total. The van der Waals surface area contributed by atoms with Gasteiger partial charge in [0, 0.05) is 12.1 Å². The second-order valence-corrected chi connectivity index (χ2v) is 15.4. The lowest BCUT2D eigenvalue weighted by Crippen LogP contribution is -2.59. The van der Waals surface area contributed by atoms with Crippen molar-refractivity contribution in [2.24, 2.45) is 45.3 Å². The number of allylic oxidation sites excluding steroid dienone is 2. The number of aliphatic carboxylic acids is 1. The lowest BCUT2D eigenvalue weighted by Gasteiger charge is -2.64. The van der Waals surface area contributed by atoms with Crippen molar-refractivity contribution >= 4 is 17.7 Å². The average Bonchev–Trinajstić information content (AvgIpc) is 3.41. The maximum Gasteiger partial charge on any atom is 0.341 e. The third-order valence-electron chi connectivity index (χ3n) is 13.0. The molecular formula is C35H52N2O5. The summed E-state index contributed by atoms with van der Waals surface area (Å²) in [7, 11) is 0. The highest BCUT2D eigenvalue weighted by Gasteiger charge is 2.63. The Morgan fingerprint density at radius 3 is 2.43 bits per heavy atom. The highest BCUT2D eigenvalue weighted by Crippen LogP contribution is 2.70. The molecule has 4 aliphatic rings. The fourth-order valence-corrected chi connectivity index (χ4v) is 9.79. The van der Waals surface area contributed by atoms with Gasteiger partial charge in [0.2, 0.25) is 0 Å². The van der Waals surface area contributed by atoms with Gasteiger partial charge in [-0.3, -0.25) is 14.3 Å². The minimum Gasteiger partial charge on any atom is -0.481 e. The molecule has 0 unspecified atom stereocenters. The van der Waals surface area contributed by atoms with Gasteiger partial charge in [0.25, 0.3) is 0 Å². The number of hydrogen-bond acceptors (Lipinski definition) is 5. The van der Waals surface area contributed by atoms with E-state index in [-0.39, 0.29) is 51.8 Å². The number of fused-ring (bicyclic) bond motifs is 5. The van der Waals surface area contributed by atoms with E-state index in [4.69, 9.17) is 4.74 Å². The SMILES string of the molecule is CCOC(=O)c1cnn([C@H]2CC[C@H](C)[C@H]3C(=O)C=C4[C@@H]5C[C@@](C)(C(=O)O)CC[C@]5(C)CC[C@@]4(C)[C@]3(C)CCC[C@H]2C)c1. The number of nitrogens with zero attached hydrogens (tertiary/aromatic N) is 2. The highest BCUT2D eigenvalue weighted by molar-refractivity contribution is 5.95. The van der Waals surface area contributed by atoms with E-state index >= 15 is 0 Å². The molecule has 0 aromatic carbocycles. The molecule has 0 amide bonds. The molecule has 7 nitrogen and oxygen atoms in total. The number of ketones is 1. The first-order valence-corrected chi connectivity index (χ1v) is 16.4. The van der Waals surface area contributed by atoms with E-state index in [1.165, 1.54) is 5.57 Å². The van der Waals surface area contributed by atoms with Crippen LogP contribution in [0.2, 0.25) is 0 Å². The topological polar surface area (TPSA) is 98.5 Å². The predicted molar refractivity (Wildman–Crippen MR) is 162 cm³/mol. The summed E-state index contributed by atoms with van der Waals surface area (Å²) in [5.41, 5.74) is 0.753. The summed E-state index contributed by atoms with van der Waals surface area (Å²) < 4.78 is 7.14. The molecule has 5 rings (SSSR count). The number of carboxylic acid groups (broad SMARTS) is 1. The van der Waals surface area contributed by atoms with Gasteiger partial charge < -0.3 is 9.84 Å². The van der Waals surface area contributed by atoms with Crippen LogP contribution in [0.1, 0.15) is 129 Å². The van der Waals surface area contributed by atoms with E-state index in [9.17, 15) is 19.5 Å². The fraction of sp³-hybridized carbons (Fsp3) is 0.771. The lowest BCUT2D eigenvalue weighted by molar-refractivity contribution is -0.156. The van der Waals surface area contributed by atoms with Gasteiger partial charge in [-0.15, -0.1) is 0 Å². The Morgan fingerprint density at radius 2 is 1.74 bits per heavy atom. The molecule has 0 aliphatic heterocycles. The lowest BCUT2D eigenvalue weighted by atomic mass is 9.39. The van der Waals surface area contributed by atoms with Crippen LogP contribution in [0, 0.1) is 45.3 Å². The Balaban J connectivity index is 1.46. The third kappa shape index (κ3) is 4.87. The minimum atomic E-state index is -0.738. The minimum absolute atomic E-state index is 0.0548. The Morgan fingerprint density at radius 1 is 1.02 bits per heavy atom. The largest absolute Gasteiger partial charge is 0.481 e. The second kappa shape index (κ2) is 10.9. The van der Waals surface area contributed by atoms with Crippen molar-refractivity contribution in [3.8, 4) is 0 Å². The molecule has 0 saturated heterocycles. The van der Waals surface area contributed by atoms with E-state index in [2.05, 4.69) is 39.7 Å². The summed E-state index contributed by atoms with van der Waals surface area (Å²) in [5.74, 6) is -0.145. The quantitative estimate of drug-likeness (QED) is 0.367. The summed E-state index contributed by atoms with van der Waals surface area (Å²) in [4.78, 5) is 38.9. The Labute approximate surface area is 251 Å². The standard InChI is InChI=1S/C35H52N2O5/c1-8-42-30(39)24-20-36-37(21-24)27-12-11-23(3)29-28(38)18-25-26-19-33(5,31(40)41)15-14-32(26,4)16-17-34(25,6)35(29,7)13-9-10-22(27)2/h18,20-23,26-27,29H,8-17,19H2,1-7H3,(H,40,41)/t22-,23+,26+,27+,29+,32-,33+,34-,35-/m1/s1. The molecule has 0 spiro atoms. The summed E-state index contributed by atoms with van der Waals surface area (Å²) in [6.45, 7) is 15.8. The first-order valence-electron chi connectivity index (χ1n) is 16.4. The molecule has 4 aliphatic carbocycles. The molecule has 232 valence electrons. The van der Waals surface area contributed by atoms with Crippen LogP contribution >= 0.6 is 0 Å². The van der Waals surface area contributed by atoms with Crippen molar-refractivity contribution < 1.29 is 24.2 Å². The van der Waals surface area contributed by atoms with Crippen LogP contribution in [0.25, 0.3) is 0 Å². The van der Waals surface area contributed by atoms with Gasteiger partial charge in [-0.25, -0.2) is 4.79 Å². The number of ether oxygens (including phenoxy) is 1. The van der Waals surface area contributed by atoms with Gasteiger partial charge in [0.05, 0.1) is 29.8 Å². The van der Waals surface area contributed by atoms with Gasteiger partial charge in [0.1, 0.15) is 0 Å². The summed E-state index contributed by atoms with van der Waals surface area (Å²) in [5, 5.41) is 14.7. The van der Waals surface area contributed by atoms with Crippen LogP contribution < -0.4 is 0 Å². The van der Waals surface area contributed by atoms with Crippen LogP contribution in [-0.4, -0.2) is 39.2 Å². The number of rotatable bonds is 4. The van der Waals surface area contributed by atoms with E-state index in [0.29, 0.717) is 30.9 Å². The summed E-state index contributed by atoms with van der Waals surface area (Å²) in [6, 6.07) is 0.159. The zero-order valence-electron chi connectivity index (χ0n) is 26.9. The first kappa shape index (κ1) is 31.0. The smallest absolute Gasteiger partial charge is 0.341 e. The molecular weight excluding hydrogens is 528 g/mol. The van der Waals surface area contributed by atoms with E-state index in [1.807, 2.05) is 23.9 Å². The van der Waals surface area contributed by atoms with Gasteiger partial charge >= 0.3 is 11.9 Å². The molecule has 1 aromatic rings. The molecule has 9 atom stereocenters. The number of carbonyl (C=O) groups excluding carboxylic acids is 2. The summed E-state index contributed by atoms with van der Waals surface area (Å²) >= 11 is 0. The highest BCUT2D eigenvalue weighted by atomic mass is 16.5. The molecule has 3 fully saturated rings. The molecule has 3 saturated carbocycles. The van der Waals surface area contributed by atoms with Gasteiger partial charge in [-0.05, 0) is 112 Å². The van der Waals surface area contributed by atoms with Gasteiger partial charge in [-0.2, -0.15) is 5.10 Å². The van der Waals surface area contributed by atoms with Crippen LogP contribution in [0.15, 0.2) is 24.0 Å². The van der Waals surface area contributed by atoms with Crippen LogP contribution in [0.5, 0.6) is 0 Å². The number of aromatic nitrogens is 2. The molecule has 42 heavy (non-hydrogen) atoms. The fourth-order valence-electron chi connectivity index (χ4n) is 9.79. The Bertz CT molecular complexity index is 1270. The van der Waals surface area contributed by atoms with Crippen LogP contribution in [0.4, 0.5) is 0 Å². The van der Waals surface area contributed by atoms with Gasteiger partial charge in [-0.1, -0.05) is 46.6 Å². The van der Waals surface area contributed by atoms with Crippen molar-refractivity contribution in [2.75, 3.05) is 6.61 Å². The van der Waals surface area contributed by atoms with E-state index < -0.39 is 11.4 Å². The number of carbonyl (C=O) groups is 3. The Hall–Kier alpha value is -2.44. The van der Waals surface area contributed by atoms with E-state index in [1.54, 1.807) is 13.1 Å². The van der Waals surface area contributed by atoms with Crippen LogP contribution in [0.3, 0.4) is 0 Å². The first-order chi connectivity index (χ1) is 19.7. The maximum atomic E-state index is 14.3. The molecule has 0 bridgehead atoms. The zero-order valence-corrected chi connectivity index (χ0v) is 26.9. The third-order valence-corrected chi connectivity index (χ3v) is 13.0. The molecule has 7 heteroatoms. The second-order valence-electron chi connectivity index (χ2n) is 15.4.